The Bertz CT molecular complexity index is 2780. The lowest BCUT2D eigenvalue weighted by Crippen LogP contribution is -2.23. The summed E-state index contributed by atoms with van der Waals surface area (Å²) in [5.74, 6) is 0. The Balaban J connectivity index is 1.14. The minimum atomic E-state index is -0.00412. The molecule has 8 aromatic carbocycles. The predicted octanol–water partition coefficient (Wildman–Crippen LogP) is 14.1. The molecule has 244 valence electrons. The SMILES string of the molecule is CCC1(CC)c2ccccc2-c2ccc(N(c3ccc(-c4cccc5c4ccc4c6ccccc6oc54)cc3)c3cccc4ccccc34)cc21. The van der Waals surface area contributed by atoms with Crippen LogP contribution in [0.15, 0.2) is 168 Å². The average molecular weight is 656 g/mol. The molecule has 0 saturated carbocycles. The van der Waals surface area contributed by atoms with Gasteiger partial charge in [-0.2, -0.15) is 0 Å². The van der Waals surface area contributed by atoms with Crippen LogP contribution in [0.25, 0.3) is 65.7 Å². The van der Waals surface area contributed by atoms with Crippen LogP contribution >= 0.6 is 0 Å². The third-order valence-corrected chi connectivity index (χ3v) is 11.6. The van der Waals surface area contributed by atoms with Crippen molar-refractivity contribution in [2.45, 2.75) is 32.1 Å². The Morgan fingerprint density at radius 1 is 0.471 bits per heavy atom. The van der Waals surface area contributed by atoms with Crippen LogP contribution in [0.3, 0.4) is 0 Å². The van der Waals surface area contributed by atoms with E-state index in [0.29, 0.717) is 0 Å². The van der Waals surface area contributed by atoms with E-state index < -0.39 is 0 Å². The number of fused-ring (bicyclic) bond motifs is 9. The first-order chi connectivity index (χ1) is 25.2. The normalized spacial score (nSPS) is 13.2. The number of rotatable bonds is 6. The number of anilines is 3. The van der Waals surface area contributed by atoms with E-state index in [0.717, 1.165) is 45.9 Å². The molecule has 9 aromatic rings. The Labute approximate surface area is 298 Å². The average Bonchev–Trinajstić information content (AvgIpc) is 3.72. The maximum absolute atomic E-state index is 6.42. The monoisotopic (exact) mass is 655 g/mol. The van der Waals surface area contributed by atoms with Crippen LogP contribution in [0, 0.1) is 0 Å². The van der Waals surface area contributed by atoms with E-state index in [2.05, 4.69) is 176 Å². The summed E-state index contributed by atoms with van der Waals surface area (Å²) < 4.78 is 6.42. The van der Waals surface area contributed by atoms with Gasteiger partial charge in [0.15, 0.2) is 0 Å². The molecule has 1 aromatic heterocycles. The molecule has 2 nitrogen and oxygen atoms in total. The van der Waals surface area contributed by atoms with Gasteiger partial charge in [0.05, 0.1) is 5.69 Å². The Hall–Kier alpha value is -6.12. The van der Waals surface area contributed by atoms with Crippen molar-refractivity contribution in [1.82, 2.24) is 0 Å². The molecule has 0 atom stereocenters. The van der Waals surface area contributed by atoms with Crippen LogP contribution in [0.5, 0.6) is 0 Å². The van der Waals surface area contributed by atoms with Gasteiger partial charge in [-0.25, -0.2) is 0 Å². The minimum absolute atomic E-state index is 0.00412. The second-order valence-electron chi connectivity index (χ2n) is 13.9. The Kier molecular flexibility index (Phi) is 6.69. The van der Waals surface area contributed by atoms with Crippen molar-refractivity contribution in [3.05, 3.63) is 175 Å². The second-order valence-corrected chi connectivity index (χ2v) is 13.9. The molecule has 2 heteroatoms. The summed E-state index contributed by atoms with van der Waals surface area (Å²) in [5.41, 5.74) is 13.3. The van der Waals surface area contributed by atoms with Gasteiger partial charge >= 0.3 is 0 Å². The largest absolute Gasteiger partial charge is 0.455 e. The standard InChI is InChI=1S/C49H37NO/c1-3-49(4-2)44-20-9-7-16-39(44)40-28-27-35(31-45(40)49)50(46-21-11-14-32-13-5-6-15-37(32)46)34-25-23-33(24-26-34)36-18-12-19-42-38(36)29-30-43-41-17-8-10-22-47(41)51-48(42)43/h5-31H,3-4H2,1-2H3. The van der Waals surface area contributed by atoms with E-state index in [4.69, 9.17) is 4.42 Å². The minimum Gasteiger partial charge on any atom is -0.455 e. The number of hydrogen-bond acceptors (Lipinski definition) is 2. The van der Waals surface area contributed by atoms with E-state index in [9.17, 15) is 0 Å². The third kappa shape index (κ3) is 4.36. The molecule has 0 radical (unpaired) electrons. The first-order valence-corrected chi connectivity index (χ1v) is 18.1. The van der Waals surface area contributed by atoms with Gasteiger partial charge in [-0.3, -0.25) is 0 Å². The lowest BCUT2D eigenvalue weighted by molar-refractivity contribution is 0.490. The van der Waals surface area contributed by atoms with Crippen LogP contribution in [0.4, 0.5) is 17.1 Å². The van der Waals surface area contributed by atoms with Crippen molar-refractivity contribution in [2.24, 2.45) is 0 Å². The molecule has 1 heterocycles. The van der Waals surface area contributed by atoms with Crippen LogP contribution < -0.4 is 4.90 Å². The van der Waals surface area contributed by atoms with Crippen molar-refractivity contribution in [1.29, 1.82) is 0 Å². The van der Waals surface area contributed by atoms with Crippen molar-refractivity contribution >= 4 is 60.5 Å². The third-order valence-electron chi connectivity index (χ3n) is 11.6. The molecular weight excluding hydrogens is 619 g/mol. The molecular formula is C49H37NO. The Morgan fingerprint density at radius 3 is 1.96 bits per heavy atom. The molecule has 51 heavy (non-hydrogen) atoms. The number of benzene rings is 8. The molecule has 0 N–H and O–H groups in total. The van der Waals surface area contributed by atoms with Crippen molar-refractivity contribution in [2.75, 3.05) is 4.90 Å². The van der Waals surface area contributed by atoms with Crippen LogP contribution in [-0.4, -0.2) is 0 Å². The van der Waals surface area contributed by atoms with Crippen molar-refractivity contribution in [3.63, 3.8) is 0 Å². The molecule has 0 saturated heterocycles. The number of para-hydroxylation sites is 1. The van der Waals surface area contributed by atoms with E-state index in [1.54, 1.807) is 0 Å². The van der Waals surface area contributed by atoms with E-state index in [-0.39, 0.29) is 5.41 Å². The van der Waals surface area contributed by atoms with E-state index in [1.165, 1.54) is 60.9 Å². The molecule has 10 rings (SSSR count). The van der Waals surface area contributed by atoms with Gasteiger partial charge in [0.1, 0.15) is 11.2 Å². The fourth-order valence-corrected chi connectivity index (χ4v) is 9.01. The van der Waals surface area contributed by atoms with Gasteiger partial charge in [0.25, 0.3) is 0 Å². The highest BCUT2D eigenvalue weighted by atomic mass is 16.3. The molecule has 0 amide bonds. The summed E-state index contributed by atoms with van der Waals surface area (Å²) in [6.45, 7) is 4.69. The van der Waals surface area contributed by atoms with Gasteiger partial charge in [0, 0.05) is 38.3 Å². The molecule has 0 spiro atoms. The van der Waals surface area contributed by atoms with Gasteiger partial charge < -0.3 is 9.32 Å². The van der Waals surface area contributed by atoms with Crippen LogP contribution in [0.2, 0.25) is 0 Å². The number of hydrogen-bond donors (Lipinski definition) is 0. The van der Waals surface area contributed by atoms with Crippen molar-refractivity contribution < 1.29 is 4.42 Å². The fourth-order valence-electron chi connectivity index (χ4n) is 9.01. The van der Waals surface area contributed by atoms with Gasteiger partial charge in [-0.15, -0.1) is 0 Å². The Morgan fingerprint density at radius 2 is 1.10 bits per heavy atom. The maximum atomic E-state index is 6.42. The van der Waals surface area contributed by atoms with Crippen LogP contribution in [0.1, 0.15) is 37.8 Å². The molecule has 0 unspecified atom stereocenters. The summed E-state index contributed by atoms with van der Waals surface area (Å²) >= 11 is 0. The first kappa shape index (κ1) is 29.8. The first-order valence-electron chi connectivity index (χ1n) is 18.1. The van der Waals surface area contributed by atoms with Gasteiger partial charge in [0.2, 0.25) is 0 Å². The smallest absolute Gasteiger partial charge is 0.143 e. The number of furan rings is 1. The zero-order valence-electron chi connectivity index (χ0n) is 28.9. The topological polar surface area (TPSA) is 16.4 Å². The molecule has 0 aliphatic heterocycles. The highest BCUT2D eigenvalue weighted by molar-refractivity contribution is 6.17. The van der Waals surface area contributed by atoms with Crippen molar-refractivity contribution in [3.8, 4) is 22.3 Å². The number of nitrogens with zero attached hydrogens (tertiary/aromatic N) is 1. The van der Waals surface area contributed by atoms with E-state index >= 15 is 0 Å². The lowest BCUT2D eigenvalue weighted by Gasteiger charge is -2.32. The van der Waals surface area contributed by atoms with Gasteiger partial charge in [-0.05, 0) is 99.5 Å². The highest BCUT2D eigenvalue weighted by Crippen LogP contribution is 2.54. The maximum Gasteiger partial charge on any atom is 0.143 e. The zero-order valence-corrected chi connectivity index (χ0v) is 28.9. The van der Waals surface area contributed by atoms with E-state index in [1.807, 2.05) is 6.07 Å². The summed E-state index contributed by atoms with van der Waals surface area (Å²) in [6.07, 6.45) is 2.12. The summed E-state index contributed by atoms with van der Waals surface area (Å²) in [7, 11) is 0. The predicted molar refractivity (Wildman–Crippen MR) is 216 cm³/mol. The second kappa shape index (κ2) is 11.5. The molecule has 1 aliphatic rings. The van der Waals surface area contributed by atoms with Gasteiger partial charge in [-0.1, -0.05) is 135 Å². The zero-order chi connectivity index (χ0) is 34.1. The summed E-state index contributed by atoms with van der Waals surface area (Å²) in [5, 5.41) is 7.10. The molecule has 0 fully saturated rings. The summed E-state index contributed by atoms with van der Waals surface area (Å²) in [6, 6.07) is 60.0. The fraction of sp³-hybridized carbons (Fsp3) is 0.102. The molecule has 1 aliphatic carbocycles. The highest BCUT2D eigenvalue weighted by Gasteiger charge is 2.40. The quantitative estimate of drug-likeness (QED) is 0.177. The molecule has 0 bridgehead atoms. The lowest BCUT2D eigenvalue weighted by atomic mass is 9.74. The van der Waals surface area contributed by atoms with Crippen LogP contribution in [-0.2, 0) is 5.41 Å². The summed E-state index contributed by atoms with van der Waals surface area (Å²) in [4.78, 5) is 2.45.